The number of thiazole rings is 1. The molecule has 228 valence electrons. The van der Waals surface area contributed by atoms with Crippen molar-refractivity contribution in [3.63, 3.8) is 0 Å². The van der Waals surface area contributed by atoms with Crippen LogP contribution in [0.3, 0.4) is 0 Å². The van der Waals surface area contributed by atoms with Crippen LogP contribution >= 0.6 is 22.9 Å². The summed E-state index contributed by atoms with van der Waals surface area (Å²) in [5.74, 6) is -0.868. The molecule has 5 atom stereocenters. The van der Waals surface area contributed by atoms with Gasteiger partial charge in [0.2, 0.25) is 16.8 Å². The van der Waals surface area contributed by atoms with Gasteiger partial charge in [-0.25, -0.2) is 24.1 Å². The summed E-state index contributed by atoms with van der Waals surface area (Å²) >= 11 is 7.14. The maximum atomic E-state index is 15.4. The molecule has 0 radical (unpaired) electrons. The standard InChI is InChI=1S/C28H25ClFN7O6S/c1-41-24-16(3-2-8-32-24)15-6-4-14(5-7-15)9-28(26(39)40,18-11-44-13-34-18)42-10-17-21(38)19(30)25(43-17)37-12-33-20-22(31)35-27(29)36-23(20)37/h2-8,11-13,17,19,21,25,38H,9-10H2,1H3,(H,39,40)(H2,31,35,36)/t17-,19-,21-,25-,28+/m1/s1. The largest absolute Gasteiger partial charge is 0.481 e. The van der Waals surface area contributed by atoms with Crippen LogP contribution in [0.4, 0.5) is 10.2 Å². The Hall–Kier alpha value is -4.28. The van der Waals surface area contributed by atoms with Gasteiger partial charge in [0.05, 0.1) is 31.2 Å². The van der Waals surface area contributed by atoms with Crippen LogP contribution in [0.15, 0.2) is 59.8 Å². The van der Waals surface area contributed by atoms with E-state index < -0.39 is 42.8 Å². The monoisotopic (exact) mass is 641 g/mol. The molecule has 5 aromatic rings. The maximum Gasteiger partial charge on any atom is 0.342 e. The Balaban J connectivity index is 1.26. The second-order valence-electron chi connectivity index (χ2n) is 9.95. The molecule has 0 amide bonds. The number of aliphatic hydroxyl groups excluding tert-OH is 1. The Morgan fingerprint density at radius 3 is 2.73 bits per heavy atom. The Morgan fingerprint density at radius 2 is 2.02 bits per heavy atom. The van der Waals surface area contributed by atoms with Gasteiger partial charge in [-0.2, -0.15) is 9.97 Å². The summed E-state index contributed by atoms with van der Waals surface area (Å²) in [5, 5.41) is 22.7. The van der Waals surface area contributed by atoms with Gasteiger partial charge in [0.1, 0.15) is 17.7 Å². The summed E-state index contributed by atoms with van der Waals surface area (Å²) in [6.07, 6.45) is -3.47. The van der Waals surface area contributed by atoms with Crippen molar-refractivity contribution < 1.29 is 33.6 Å². The molecular formula is C28H25ClFN7O6S. The highest BCUT2D eigenvalue weighted by Gasteiger charge is 2.49. The van der Waals surface area contributed by atoms with Gasteiger partial charge in [-0.15, -0.1) is 11.3 Å². The Labute approximate surface area is 258 Å². The second kappa shape index (κ2) is 12.0. The number of hydrogen-bond acceptors (Lipinski definition) is 12. The topological polar surface area (TPSA) is 181 Å². The van der Waals surface area contributed by atoms with Crippen molar-refractivity contribution in [1.29, 1.82) is 0 Å². The Morgan fingerprint density at radius 1 is 1.23 bits per heavy atom. The molecule has 0 spiro atoms. The Kier molecular flexibility index (Phi) is 8.13. The first-order valence-corrected chi connectivity index (χ1v) is 14.5. The van der Waals surface area contributed by atoms with Crippen LogP contribution in [0.1, 0.15) is 17.5 Å². The number of aliphatic carboxylic acids is 1. The number of carboxylic acids is 1. The number of nitrogen functional groups attached to an aromatic ring is 1. The zero-order chi connectivity index (χ0) is 31.0. The molecule has 1 aliphatic rings. The van der Waals surface area contributed by atoms with Gasteiger partial charge >= 0.3 is 5.97 Å². The van der Waals surface area contributed by atoms with Crippen molar-refractivity contribution in [3.8, 4) is 17.0 Å². The van der Waals surface area contributed by atoms with E-state index in [1.165, 1.54) is 34.9 Å². The van der Waals surface area contributed by atoms with Gasteiger partial charge in [-0.05, 0) is 34.9 Å². The fourth-order valence-corrected chi connectivity index (χ4v) is 5.91. The summed E-state index contributed by atoms with van der Waals surface area (Å²) in [6, 6.07) is 10.8. The molecule has 4 aromatic heterocycles. The van der Waals surface area contributed by atoms with E-state index in [9.17, 15) is 15.0 Å². The quantitative estimate of drug-likeness (QED) is 0.189. The fraction of sp³-hybridized carbons (Fsp3) is 0.286. The van der Waals surface area contributed by atoms with Gasteiger partial charge in [0.15, 0.2) is 23.9 Å². The Bertz CT molecular complexity index is 1790. The molecular weight excluding hydrogens is 617 g/mol. The predicted octanol–water partition coefficient (Wildman–Crippen LogP) is 3.42. The zero-order valence-corrected chi connectivity index (χ0v) is 24.5. The number of nitrogens with zero attached hydrogens (tertiary/aromatic N) is 6. The lowest BCUT2D eigenvalue weighted by Gasteiger charge is -2.30. The summed E-state index contributed by atoms with van der Waals surface area (Å²) in [4.78, 5) is 33.4. The van der Waals surface area contributed by atoms with Crippen molar-refractivity contribution >= 4 is 45.9 Å². The molecule has 44 heavy (non-hydrogen) atoms. The number of rotatable bonds is 10. The number of pyridine rings is 1. The number of hydrogen-bond donors (Lipinski definition) is 3. The number of alkyl halides is 1. The lowest BCUT2D eigenvalue weighted by atomic mass is 9.90. The van der Waals surface area contributed by atoms with E-state index in [4.69, 9.17) is 31.5 Å². The number of anilines is 1. The first-order valence-electron chi connectivity index (χ1n) is 13.2. The molecule has 1 saturated heterocycles. The summed E-state index contributed by atoms with van der Waals surface area (Å²) < 4.78 is 33.9. The SMILES string of the molecule is COc1ncccc1-c1ccc(C[C@@](OC[C@H]2O[C@@H](n3cnc4c(N)nc(Cl)nc43)[C@H](F)[C@@H]2O)(C(=O)O)c2cscn2)cc1. The van der Waals surface area contributed by atoms with Crippen molar-refractivity contribution in [1.82, 2.24) is 29.5 Å². The highest BCUT2D eigenvalue weighted by atomic mass is 35.5. The predicted molar refractivity (Wildman–Crippen MR) is 157 cm³/mol. The molecule has 0 saturated carbocycles. The summed E-state index contributed by atoms with van der Waals surface area (Å²) in [7, 11) is 1.53. The first kappa shape index (κ1) is 29.8. The number of nitrogens with two attached hydrogens (primary N) is 1. The van der Waals surface area contributed by atoms with E-state index in [2.05, 4.69) is 24.9 Å². The van der Waals surface area contributed by atoms with Crippen LogP contribution < -0.4 is 10.5 Å². The van der Waals surface area contributed by atoms with Crippen LogP contribution in [-0.4, -0.2) is 77.8 Å². The van der Waals surface area contributed by atoms with Crippen LogP contribution in [0.25, 0.3) is 22.3 Å². The molecule has 1 aromatic carbocycles. The van der Waals surface area contributed by atoms with E-state index in [-0.39, 0.29) is 34.4 Å². The minimum Gasteiger partial charge on any atom is -0.481 e. The average molecular weight is 642 g/mol. The van der Waals surface area contributed by atoms with Crippen molar-refractivity contribution in [2.24, 2.45) is 0 Å². The highest BCUT2D eigenvalue weighted by molar-refractivity contribution is 7.07. The fourth-order valence-electron chi connectivity index (χ4n) is 5.12. The van der Waals surface area contributed by atoms with E-state index in [1.807, 2.05) is 18.2 Å². The average Bonchev–Trinajstić information content (AvgIpc) is 3.77. The molecule has 1 fully saturated rings. The molecule has 0 unspecified atom stereocenters. The van der Waals surface area contributed by atoms with Gasteiger partial charge in [-0.3, -0.25) is 4.57 Å². The number of ether oxygens (including phenoxy) is 3. The minimum absolute atomic E-state index is 0.00491. The summed E-state index contributed by atoms with van der Waals surface area (Å²) in [5.41, 5.74) is 8.03. The molecule has 5 heterocycles. The molecule has 0 aliphatic carbocycles. The zero-order valence-electron chi connectivity index (χ0n) is 22.9. The molecule has 6 rings (SSSR count). The van der Waals surface area contributed by atoms with Gasteiger partial charge in [0.25, 0.3) is 0 Å². The van der Waals surface area contributed by atoms with Crippen molar-refractivity contribution in [3.05, 3.63) is 76.4 Å². The second-order valence-corrected chi connectivity index (χ2v) is 11.0. The smallest absolute Gasteiger partial charge is 0.342 e. The third-order valence-corrected chi connectivity index (χ3v) is 8.11. The number of imidazole rings is 1. The number of halogens is 2. The van der Waals surface area contributed by atoms with Crippen molar-refractivity contribution in [2.75, 3.05) is 19.5 Å². The normalized spacial score (nSPS) is 21.4. The number of aliphatic hydroxyl groups is 1. The van der Waals surface area contributed by atoms with E-state index in [0.29, 0.717) is 11.4 Å². The molecule has 13 nitrogen and oxygen atoms in total. The maximum absolute atomic E-state index is 15.4. The van der Waals surface area contributed by atoms with Gasteiger partial charge in [-0.1, -0.05) is 24.3 Å². The van der Waals surface area contributed by atoms with E-state index >= 15 is 4.39 Å². The number of aromatic nitrogens is 6. The first-order chi connectivity index (χ1) is 21.2. The minimum atomic E-state index is -1.97. The molecule has 16 heteroatoms. The van der Waals surface area contributed by atoms with Crippen LogP contribution in [0.5, 0.6) is 5.88 Å². The third kappa shape index (κ3) is 5.33. The molecule has 0 bridgehead atoms. The van der Waals surface area contributed by atoms with E-state index in [1.54, 1.807) is 29.8 Å². The van der Waals surface area contributed by atoms with Gasteiger partial charge in [0, 0.05) is 23.6 Å². The lowest BCUT2D eigenvalue weighted by Crippen LogP contribution is -2.44. The number of carboxylic acid groups (broad SMARTS) is 1. The van der Waals surface area contributed by atoms with Crippen LogP contribution in [0.2, 0.25) is 5.28 Å². The third-order valence-electron chi connectivity index (χ3n) is 7.36. The number of methoxy groups -OCH3 is 1. The van der Waals surface area contributed by atoms with Crippen molar-refractivity contribution in [2.45, 2.75) is 36.6 Å². The molecule has 4 N–H and O–H groups in total. The number of carbonyl (C=O) groups is 1. The highest BCUT2D eigenvalue weighted by Crippen LogP contribution is 2.38. The van der Waals surface area contributed by atoms with E-state index in [0.717, 1.165) is 11.1 Å². The molecule has 1 aliphatic heterocycles. The van der Waals surface area contributed by atoms with Crippen LogP contribution in [-0.2, 0) is 26.3 Å². The lowest BCUT2D eigenvalue weighted by molar-refractivity contribution is -0.177. The van der Waals surface area contributed by atoms with Gasteiger partial charge < -0.3 is 30.2 Å². The summed E-state index contributed by atoms with van der Waals surface area (Å²) in [6.45, 7) is -0.475. The number of benzene rings is 1. The van der Waals surface area contributed by atoms with Crippen LogP contribution in [0, 0.1) is 0 Å². The number of fused-ring (bicyclic) bond motifs is 1.